The molecule has 0 spiro atoms. The minimum atomic E-state index is -0.136. The van der Waals surface area contributed by atoms with Gasteiger partial charge < -0.3 is 5.32 Å². The van der Waals surface area contributed by atoms with Gasteiger partial charge in [-0.3, -0.25) is 0 Å². The number of hydrogen-bond donors (Lipinski definition) is 1. The summed E-state index contributed by atoms with van der Waals surface area (Å²) in [7, 11) is 0. The number of hydrogen-bond acceptors (Lipinski definition) is 1. The van der Waals surface area contributed by atoms with Crippen LogP contribution in [-0.2, 0) is 6.42 Å². The number of aryl methyl sites for hydroxylation is 2. The molecular formula is C19H24FN. The quantitative estimate of drug-likeness (QED) is 0.803. The van der Waals surface area contributed by atoms with E-state index in [0.717, 1.165) is 18.4 Å². The zero-order chi connectivity index (χ0) is 15.2. The summed E-state index contributed by atoms with van der Waals surface area (Å²) < 4.78 is 13.7. The van der Waals surface area contributed by atoms with Crippen molar-refractivity contribution in [1.29, 1.82) is 0 Å². The summed E-state index contributed by atoms with van der Waals surface area (Å²) in [5.41, 5.74) is 3.40. The molecule has 2 heteroatoms. The number of halogens is 1. The van der Waals surface area contributed by atoms with Crippen LogP contribution in [0.3, 0.4) is 0 Å². The minimum Gasteiger partial charge on any atom is -0.308 e. The second-order valence-corrected chi connectivity index (χ2v) is 5.84. The lowest BCUT2D eigenvalue weighted by atomic mass is 10.0. The highest BCUT2D eigenvalue weighted by atomic mass is 19.1. The third kappa shape index (κ3) is 4.68. The standard InChI is InChI=1S/C19H24FN/c1-14-7-6-8-17(13-14)12-11-15(2)21-16(3)18-9-4-5-10-19(18)20/h4-10,13,15-16,21H,11-12H2,1-3H3. The third-order valence-corrected chi connectivity index (χ3v) is 3.85. The van der Waals surface area contributed by atoms with Crippen LogP contribution in [0.4, 0.5) is 4.39 Å². The molecule has 1 N–H and O–H groups in total. The Bertz CT molecular complexity index is 579. The Kier molecular flexibility index (Phi) is 5.51. The topological polar surface area (TPSA) is 12.0 Å². The lowest BCUT2D eigenvalue weighted by Gasteiger charge is -2.21. The van der Waals surface area contributed by atoms with E-state index in [0.29, 0.717) is 6.04 Å². The third-order valence-electron chi connectivity index (χ3n) is 3.85. The maximum Gasteiger partial charge on any atom is 0.127 e. The monoisotopic (exact) mass is 285 g/mol. The zero-order valence-electron chi connectivity index (χ0n) is 13.1. The molecule has 0 radical (unpaired) electrons. The van der Waals surface area contributed by atoms with Crippen molar-refractivity contribution < 1.29 is 4.39 Å². The Morgan fingerprint density at radius 3 is 2.52 bits per heavy atom. The lowest BCUT2D eigenvalue weighted by Crippen LogP contribution is -2.29. The molecule has 0 aliphatic heterocycles. The van der Waals surface area contributed by atoms with E-state index in [2.05, 4.69) is 43.4 Å². The fourth-order valence-electron chi connectivity index (χ4n) is 2.68. The van der Waals surface area contributed by atoms with E-state index in [9.17, 15) is 4.39 Å². The molecule has 2 aromatic rings. The lowest BCUT2D eigenvalue weighted by molar-refractivity contribution is 0.443. The molecule has 2 aromatic carbocycles. The van der Waals surface area contributed by atoms with E-state index in [1.54, 1.807) is 6.07 Å². The first-order chi connectivity index (χ1) is 10.1. The average molecular weight is 285 g/mol. The van der Waals surface area contributed by atoms with E-state index < -0.39 is 0 Å². The van der Waals surface area contributed by atoms with Gasteiger partial charge in [-0.05, 0) is 45.2 Å². The van der Waals surface area contributed by atoms with Crippen LogP contribution < -0.4 is 5.32 Å². The van der Waals surface area contributed by atoms with Crippen LogP contribution in [0.15, 0.2) is 48.5 Å². The molecule has 0 heterocycles. The summed E-state index contributed by atoms with van der Waals surface area (Å²) >= 11 is 0. The SMILES string of the molecule is Cc1cccc(CCC(C)NC(C)c2ccccc2F)c1. The Labute approximate surface area is 127 Å². The first-order valence-corrected chi connectivity index (χ1v) is 7.62. The van der Waals surface area contributed by atoms with Crippen LogP contribution in [0, 0.1) is 12.7 Å². The van der Waals surface area contributed by atoms with Crippen LogP contribution >= 0.6 is 0 Å². The zero-order valence-corrected chi connectivity index (χ0v) is 13.1. The predicted octanol–water partition coefficient (Wildman–Crippen LogP) is 4.81. The fourth-order valence-corrected chi connectivity index (χ4v) is 2.68. The summed E-state index contributed by atoms with van der Waals surface area (Å²) in [6, 6.07) is 16.0. The molecule has 0 fully saturated rings. The van der Waals surface area contributed by atoms with Crippen molar-refractivity contribution in [3.05, 3.63) is 71.0 Å². The van der Waals surface area contributed by atoms with Gasteiger partial charge in [0.2, 0.25) is 0 Å². The van der Waals surface area contributed by atoms with Crippen molar-refractivity contribution in [1.82, 2.24) is 5.32 Å². The summed E-state index contributed by atoms with van der Waals surface area (Å²) in [6.45, 7) is 6.29. The van der Waals surface area contributed by atoms with Crippen molar-refractivity contribution in [3.8, 4) is 0 Å². The van der Waals surface area contributed by atoms with Crippen molar-refractivity contribution >= 4 is 0 Å². The minimum absolute atomic E-state index is 0.0266. The van der Waals surface area contributed by atoms with Crippen LogP contribution in [0.1, 0.15) is 43.0 Å². The second kappa shape index (κ2) is 7.37. The highest BCUT2D eigenvalue weighted by Crippen LogP contribution is 2.17. The van der Waals surface area contributed by atoms with Gasteiger partial charge in [0.05, 0.1) is 0 Å². The Balaban J connectivity index is 1.87. The van der Waals surface area contributed by atoms with Crippen LogP contribution in [-0.4, -0.2) is 6.04 Å². The number of benzene rings is 2. The molecule has 0 bridgehead atoms. The molecule has 2 atom stereocenters. The highest BCUT2D eigenvalue weighted by Gasteiger charge is 2.12. The van der Waals surface area contributed by atoms with Gasteiger partial charge in [-0.1, -0.05) is 48.0 Å². The van der Waals surface area contributed by atoms with Crippen LogP contribution in [0.5, 0.6) is 0 Å². The first kappa shape index (κ1) is 15.7. The predicted molar refractivity (Wildman–Crippen MR) is 86.9 cm³/mol. The molecule has 0 aliphatic rings. The van der Waals surface area contributed by atoms with Crippen LogP contribution in [0.25, 0.3) is 0 Å². The average Bonchev–Trinajstić information content (AvgIpc) is 2.45. The van der Waals surface area contributed by atoms with Gasteiger partial charge in [0.25, 0.3) is 0 Å². The summed E-state index contributed by atoms with van der Waals surface area (Å²) in [6.07, 6.45) is 2.09. The van der Waals surface area contributed by atoms with Gasteiger partial charge in [-0.2, -0.15) is 0 Å². The molecule has 2 unspecified atom stereocenters. The van der Waals surface area contributed by atoms with Crippen molar-refractivity contribution in [2.75, 3.05) is 0 Å². The molecule has 112 valence electrons. The van der Waals surface area contributed by atoms with Gasteiger partial charge >= 0.3 is 0 Å². The van der Waals surface area contributed by atoms with Crippen LogP contribution in [0.2, 0.25) is 0 Å². The molecule has 21 heavy (non-hydrogen) atoms. The number of rotatable bonds is 6. The number of nitrogens with one attached hydrogen (secondary N) is 1. The van der Waals surface area contributed by atoms with Crippen molar-refractivity contribution in [2.45, 2.75) is 45.7 Å². The van der Waals surface area contributed by atoms with E-state index in [4.69, 9.17) is 0 Å². The van der Waals surface area contributed by atoms with E-state index in [1.165, 1.54) is 17.2 Å². The molecule has 0 aromatic heterocycles. The summed E-state index contributed by atoms with van der Waals surface area (Å²) in [5, 5.41) is 3.48. The molecule has 0 aliphatic carbocycles. The fraction of sp³-hybridized carbons (Fsp3) is 0.368. The molecule has 0 saturated heterocycles. The molecule has 0 saturated carbocycles. The Morgan fingerprint density at radius 2 is 1.81 bits per heavy atom. The summed E-state index contributed by atoms with van der Waals surface area (Å²) in [5.74, 6) is -0.136. The van der Waals surface area contributed by atoms with Gasteiger partial charge in [0, 0.05) is 17.6 Å². The first-order valence-electron chi connectivity index (χ1n) is 7.62. The molecule has 0 amide bonds. The van der Waals surface area contributed by atoms with E-state index in [-0.39, 0.29) is 11.9 Å². The van der Waals surface area contributed by atoms with Gasteiger partial charge in [0.15, 0.2) is 0 Å². The maximum absolute atomic E-state index is 13.7. The van der Waals surface area contributed by atoms with E-state index >= 15 is 0 Å². The second-order valence-electron chi connectivity index (χ2n) is 5.84. The van der Waals surface area contributed by atoms with E-state index in [1.807, 2.05) is 19.1 Å². The smallest absolute Gasteiger partial charge is 0.127 e. The normalized spacial score (nSPS) is 13.9. The Hall–Kier alpha value is -1.67. The van der Waals surface area contributed by atoms with Gasteiger partial charge in [0.1, 0.15) is 5.82 Å². The van der Waals surface area contributed by atoms with Crippen molar-refractivity contribution in [3.63, 3.8) is 0 Å². The van der Waals surface area contributed by atoms with Gasteiger partial charge in [-0.15, -0.1) is 0 Å². The summed E-state index contributed by atoms with van der Waals surface area (Å²) in [4.78, 5) is 0. The van der Waals surface area contributed by atoms with Gasteiger partial charge in [-0.25, -0.2) is 4.39 Å². The van der Waals surface area contributed by atoms with Crippen molar-refractivity contribution in [2.24, 2.45) is 0 Å². The highest BCUT2D eigenvalue weighted by molar-refractivity contribution is 5.23. The molecule has 1 nitrogen and oxygen atoms in total. The molecular weight excluding hydrogens is 261 g/mol. The Morgan fingerprint density at radius 1 is 1.05 bits per heavy atom. The maximum atomic E-state index is 13.7. The molecule has 2 rings (SSSR count). The largest absolute Gasteiger partial charge is 0.308 e.